The highest BCUT2D eigenvalue weighted by Gasteiger charge is 2.00. The van der Waals surface area contributed by atoms with Crippen LogP contribution in [-0.2, 0) is 6.54 Å². The molecular weight excluding hydrogens is 238 g/mol. The maximum atomic E-state index is 11.3. The van der Waals surface area contributed by atoms with Crippen LogP contribution in [0.25, 0.3) is 0 Å². The zero-order chi connectivity index (χ0) is 13.7. The van der Waals surface area contributed by atoms with Gasteiger partial charge in [-0.25, -0.2) is 0 Å². The number of ketones is 1. The summed E-state index contributed by atoms with van der Waals surface area (Å²) in [6.45, 7) is 2.27. The molecule has 2 rings (SSSR count). The number of nitrogens with one attached hydrogen (secondary N) is 1. The van der Waals surface area contributed by atoms with Gasteiger partial charge in [-0.2, -0.15) is 0 Å². The molecule has 0 saturated carbocycles. The van der Waals surface area contributed by atoms with Crippen LogP contribution in [0.3, 0.4) is 0 Å². The van der Waals surface area contributed by atoms with E-state index in [1.807, 2.05) is 48.5 Å². The van der Waals surface area contributed by atoms with Crippen molar-refractivity contribution in [3.8, 4) is 5.75 Å². The smallest absolute Gasteiger partial charge is 0.159 e. The molecule has 1 N–H and O–H groups in total. The second kappa shape index (κ2) is 6.05. The molecular formula is C16H17NO2. The van der Waals surface area contributed by atoms with E-state index in [-0.39, 0.29) is 5.78 Å². The van der Waals surface area contributed by atoms with Gasteiger partial charge >= 0.3 is 0 Å². The lowest BCUT2D eigenvalue weighted by Gasteiger charge is -2.08. The highest BCUT2D eigenvalue weighted by Crippen LogP contribution is 2.16. The molecule has 0 heterocycles. The van der Waals surface area contributed by atoms with E-state index < -0.39 is 0 Å². The number of carbonyl (C=O) groups is 1. The molecule has 0 aliphatic rings. The van der Waals surface area contributed by atoms with Gasteiger partial charge < -0.3 is 10.1 Å². The third-order valence-corrected chi connectivity index (χ3v) is 2.92. The highest BCUT2D eigenvalue weighted by atomic mass is 16.5. The number of anilines is 1. The molecule has 0 aliphatic heterocycles. The van der Waals surface area contributed by atoms with Crippen molar-refractivity contribution in [1.29, 1.82) is 0 Å². The lowest BCUT2D eigenvalue weighted by atomic mass is 10.1. The molecule has 3 nitrogen and oxygen atoms in total. The fourth-order valence-corrected chi connectivity index (χ4v) is 1.81. The largest absolute Gasteiger partial charge is 0.497 e. The van der Waals surface area contributed by atoms with Crippen LogP contribution in [0.15, 0.2) is 48.5 Å². The van der Waals surface area contributed by atoms with Crippen molar-refractivity contribution >= 4 is 11.5 Å². The molecule has 0 bridgehead atoms. The summed E-state index contributed by atoms with van der Waals surface area (Å²) in [6.07, 6.45) is 0. The molecule has 0 amide bonds. The van der Waals surface area contributed by atoms with Gasteiger partial charge in [0.15, 0.2) is 5.78 Å². The molecule has 0 atom stereocenters. The SMILES string of the molecule is COc1ccc(NCc2cccc(C(C)=O)c2)cc1. The minimum absolute atomic E-state index is 0.0892. The van der Waals surface area contributed by atoms with E-state index in [0.29, 0.717) is 6.54 Å². The van der Waals surface area contributed by atoms with Crippen molar-refractivity contribution < 1.29 is 9.53 Å². The summed E-state index contributed by atoms with van der Waals surface area (Å²) in [7, 11) is 1.65. The third kappa shape index (κ3) is 3.58. The normalized spacial score (nSPS) is 10.0. The van der Waals surface area contributed by atoms with Crippen LogP contribution >= 0.6 is 0 Å². The first-order chi connectivity index (χ1) is 9.19. The number of Topliss-reactive ketones (excluding diaryl/α,β-unsaturated/α-hetero) is 1. The van der Waals surface area contributed by atoms with E-state index >= 15 is 0 Å². The Balaban J connectivity index is 2.01. The highest BCUT2D eigenvalue weighted by molar-refractivity contribution is 5.94. The van der Waals surface area contributed by atoms with Gasteiger partial charge in [-0.15, -0.1) is 0 Å². The Morgan fingerprint density at radius 2 is 1.89 bits per heavy atom. The predicted molar refractivity (Wildman–Crippen MR) is 76.8 cm³/mol. The van der Waals surface area contributed by atoms with Gasteiger partial charge in [0.2, 0.25) is 0 Å². The van der Waals surface area contributed by atoms with Gasteiger partial charge in [-0.05, 0) is 42.8 Å². The van der Waals surface area contributed by atoms with Crippen molar-refractivity contribution in [2.75, 3.05) is 12.4 Å². The summed E-state index contributed by atoms with van der Waals surface area (Å²) in [6, 6.07) is 15.4. The number of carbonyl (C=O) groups excluding carboxylic acids is 1. The fraction of sp³-hybridized carbons (Fsp3) is 0.188. The van der Waals surface area contributed by atoms with E-state index in [0.717, 1.165) is 22.6 Å². The van der Waals surface area contributed by atoms with Crippen molar-refractivity contribution in [3.63, 3.8) is 0 Å². The molecule has 0 fully saturated rings. The summed E-state index contributed by atoms with van der Waals surface area (Å²) in [5.41, 5.74) is 2.85. The summed E-state index contributed by atoms with van der Waals surface area (Å²) < 4.78 is 5.11. The molecule has 98 valence electrons. The van der Waals surface area contributed by atoms with E-state index in [1.54, 1.807) is 14.0 Å². The van der Waals surface area contributed by atoms with Crippen LogP contribution in [0.2, 0.25) is 0 Å². The Morgan fingerprint density at radius 1 is 1.16 bits per heavy atom. The summed E-state index contributed by atoms with van der Waals surface area (Å²) in [5, 5.41) is 3.31. The summed E-state index contributed by atoms with van der Waals surface area (Å²) in [5.74, 6) is 0.926. The molecule has 2 aromatic rings. The van der Waals surface area contributed by atoms with E-state index in [1.165, 1.54) is 0 Å². The van der Waals surface area contributed by atoms with Crippen LogP contribution in [-0.4, -0.2) is 12.9 Å². The summed E-state index contributed by atoms with van der Waals surface area (Å²) >= 11 is 0. The molecule has 0 aromatic heterocycles. The number of ether oxygens (including phenoxy) is 1. The van der Waals surface area contributed by atoms with Crippen LogP contribution in [0.4, 0.5) is 5.69 Å². The van der Waals surface area contributed by atoms with Crippen LogP contribution < -0.4 is 10.1 Å². The maximum Gasteiger partial charge on any atom is 0.159 e. The topological polar surface area (TPSA) is 38.3 Å². The van der Waals surface area contributed by atoms with E-state index in [2.05, 4.69) is 5.32 Å². The van der Waals surface area contributed by atoms with Gasteiger partial charge in [-0.3, -0.25) is 4.79 Å². The maximum absolute atomic E-state index is 11.3. The van der Waals surface area contributed by atoms with Crippen molar-refractivity contribution in [3.05, 3.63) is 59.7 Å². The zero-order valence-electron chi connectivity index (χ0n) is 11.1. The molecule has 0 unspecified atom stereocenters. The fourth-order valence-electron chi connectivity index (χ4n) is 1.81. The Hall–Kier alpha value is -2.29. The van der Waals surface area contributed by atoms with Crippen molar-refractivity contribution in [2.45, 2.75) is 13.5 Å². The first-order valence-electron chi connectivity index (χ1n) is 6.17. The minimum atomic E-state index is 0.0892. The van der Waals surface area contributed by atoms with Gasteiger partial charge in [0.05, 0.1) is 7.11 Å². The number of rotatable bonds is 5. The Kier molecular flexibility index (Phi) is 4.18. The van der Waals surface area contributed by atoms with Crippen LogP contribution in [0, 0.1) is 0 Å². The second-order valence-electron chi connectivity index (χ2n) is 4.34. The minimum Gasteiger partial charge on any atom is -0.497 e. The average Bonchev–Trinajstić information content (AvgIpc) is 2.46. The Bertz CT molecular complexity index is 561. The van der Waals surface area contributed by atoms with Crippen LogP contribution in [0.5, 0.6) is 5.75 Å². The quantitative estimate of drug-likeness (QED) is 0.831. The lowest BCUT2D eigenvalue weighted by molar-refractivity contribution is 0.101. The third-order valence-electron chi connectivity index (χ3n) is 2.92. The Labute approximate surface area is 113 Å². The lowest BCUT2D eigenvalue weighted by Crippen LogP contribution is -2.01. The van der Waals surface area contributed by atoms with Crippen molar-refractivity contribution in [2.24, 2.45) is 0 Å². The molecule has 0 spiro atoms. The van der Waals surface area contributed by atoms with Gasteiger partial charge in [-0.1, -0.05) is 18.2 Å². The van der Waals surface area contributed by atoms with Gasteiger partial charge in [0.1, 0.15) is 5.75 Å². The predicted octanol–water partition coefficient (Wildman–Crippen LogP) is 3.51. The standard InChI is InChI=1S/C16H17NO2/c1-12(18)14-5-3-4-13(10-14)11-17-15-6-8-16(19-2)9-7-15/h3-10,17H,11H2,1-2H3. The molecule has 3 heteroatoms. The number of hydrogen-bond donors (Lipinski definition) is 1. The monoisotopic (exact) mass is 255 g/mol. The average molecular weight is 255 g/mol. The molecule has 19 heavy (non-hydrogen) atoms. The first kappa shape index (κ1) is 13.1. The number of methoxy groups -OCH3 is 1. The molecule has 0 saturated heterocycles. The number of hydrogen-bond acceptors (Lipinski definition) is 3. The molecule has 0 radical (unpaired) electrons. The molecule has 0 aliphatic carbocycles. The van der Waals surface area contributed by atoms with E-state index in [9.17, 15) is 4.79 Å². The van der Waals surface area contributed by atoms with Gasteiger partial charge in [0.25, 0.3) is 0 Å². The summed E-state index contributed by atoms with van der Waals surface area (Å²) in [4.78, 5) is 11.3. The van der Waals surface area contributed by atoms with Crippen LogP contribution in [0.1, 0.15) is 22.8 Å². The molecule has 2 aromatic carbocycles. The number of benzene rings is 2. The van der Waals surface area contributed by atoms with Gasteiger partial charge in [0, 0.05) is 17.8 Å². The first-order valence-corrected chi connectivity index (χ1v) is 6.17. The van der Waals surface area contributed by atoms with E-state index in [4.69, 9.17) is 4.74 Å². The van der Waals surface area contributed by atoms with Crippen molar-refractivity contribution in [1.82, 2.24) is 0 Å². The second-order valence-corrected chi connectivity index (χ2v) is 4.34. The Morgan fingerprint density at radius 3 is 2.53 bits per heavy atom. The zero-order valence-corrected chi connectivity index (χ0v) is 11.1.